The number of phenolic OH excluding ortho intramolecular Hbond substituents is 1. The van der Waals surface area contributed by atoms with Gasteiger partial charge in [0, 0.05) is 27.8 Å². The van der Waals surface area contributed by atoms with E-state index in [0.717, 1.165) is 11.1 Å². The Kier molecular flexibility index (Phi) is 7.72. The molecule has 30 heavy (non-hydrogen) atoms. The second-order valence-electron chi connectivity index (χ2n) is 6.28. The summed E-state index contributed by atoms with van der Waals surface area (Å²) in [5, 5.41) is 14.6. The Balaban J connectivity index is 1.75. The van der Waals surface area contributed by atoms with Gasteiger partial charge in [-0.25, -0.2) is 0 Å². The van der Waals surface area contributed by atoms with Gasteiger partial charge in [-0.3, -0.25) is 0 Å². The molecule has 9 heteroatoms. The van der Waals surface area contributed by atoms with Gasteiger partial charge >= 0.3 is 0 Å². The van der Waals surface area contributed by atoms with Gasteiger partial charge in [0.05, 0.1) is 22.2 Å². The molecule has 4 nitrogen and oxygen atoms in total. The fourth-order valence-corrected chi connectivity index (χ4v) is 3.91. The van der Waals surface area contributed by atoms with Crippen molar-refractivity contribution in [2.24, 2.45) is 0 Å². The Morgan fingerprint density at radius 1 is 0.867 bits per heavy atom. The van der Waals surface area contributed by atoms with Crippen LogP contribution in [-0.4, -0.2) is 12.2 Å². The van der Waals surface area contributed by atoms with E-state index in [0.29, 0.717) is 38.8 Å². The lowest BCUT2D eigenvalue weighted by Crippen LogP contribution is -2.03. The molecule has 158 valence electrons. The summed E-state index contributed by atoms with van der Waals surface area (Å²) in [4.78, 5) is 0. The molecule has 0 bridgehead atoms. The van der Waals surface area contributed by atoms with Crippen molar-refractivity contribution in [3.8, 4) is 17.2 Å². The molecule has 0 unspecified atom stereocenters. The monoisotopic (exact) mass is 505 g/mol. The number of ether oxygens (including phenoxy) is 2. The van der Waals surface area contributed by atoms with Crippen LogP contribution in [0, 0.1) is 0 Å². The highest BCUT2D eigenvalue weighted by atomic mass is 35.5. The average Bonchev–Trinajstić information content (AvgIpc) is 2.70. The predicted molar refractivity (Wildman–Crippen MR) is 124 cm³/mol. The second kappa shape index (κ2) is 10.1. The number of nitrogens with one attached hydrogen (secondary N) is 1. The van der Waals surface area contributed by atoms with Gasteiger partial charge in [-0.2, -0.15) is 0 Å². The Labute approximate surface area is 199 Å². The van der Waals surface area contributed by atoms with Gasteiger partial charge in [0.25, 0.3) is 0 Å². The van der Waals surface area contributed by atoms with Gasteiger partial charge in [0.2, 0.25) is 0 Å². The summed E-state index contributed by atoms with van der Waals surface area (Å²) in [6.45, 7) is 0.616. The summed E-state index contributed by atoms with van der Waals surface area (Å²) < 4.78 is 11.3. The number of benzene rings is 3. The van der Waals surface area contributed by atoms with Crippen LogP contribution in [0.2, 0.25) is 25.1 Å². The van der Waals surface area contributed by atoms with Gasteiger partial charge in [-0.15, -0.1) is 0 Å². The predicted octanol–water partition coefficient (Wildman–Crippen LogP) is 7.86. The highest BCUT2D eigenvalue weighted by molar-refractivity contribution is 6.37. The van der Waals surface area contributed by atoms with E-state index in [1.807, 2.05) is 0 Å². The fourth-order valence-electron chi connectivity index (χ4n) is 2.68. The summed E-state index contributed by atoms with van der Waals surface area (Å²) in [6, 6.07) is 11.9. The minimum absolute atomic E-state index is 0.157. The second-order valence-corrected chi connectivity index (χ2v) is 8.34. The molecule has 0 saturated carbocycles. The molecule has 0 fully saturated rings. The van der Waals surface area contributed by atoms with Gasteiger partial charge < -0.3 is 19.9 Å². The van der Waals surface area contributed by atoms with Gasteiger partial charge in [0.1, 0.15) is 6.61 Å². The number of rotatable bonds is 7. The zero-order valence-electron chi connectivity index (χ0n) is 15.6. The van der Waals surface area contributed by atoms with E-state index in [2.05, 4.69) is 5.32 Å². The maximum atomic E-state index is 9.66. The zero-order chi connectivity index (χ0) is 21.8. The lowest BCUT2D eigenvalue weighted by Gasteiger charge is -2.16. The molecule has 0 amide bonds. The minimum atomic E-state index is -0.157. The molecule has 0 radical (unpaired) electrons. The molecule has 3 rings (SSSR count). The molecule has 0 heterocycles. The van der Waals surface area contributed by atoms with Gasteiger partial charge in [-0.1, -0.05) is 64.1 Å². The van der Waals surface area contributed by atoms with E-state index in [4.69, 9.17) is 67.5 Å². The lowest BCUT2D eigenvalue weighted by molar-refractivity contribution is 0.284. The van der Waals surface area contributed by atoms with Crippen molar-refractivity contribution in [1.29, 1.82) is 0 Å². The van der Waals surface area contributed by atoms with E-state index < -0.39 is 0 Å². The Morgan fingerprint density at radius 3 is 2.20 bits per heavy atom. The molecule has 0 saturated heterocycles. The van der Waals surface area contributed by atoms with Crippen LogP contribution in [-0.2, 0) is 13.2 Å². The number of halogens is 5. The standard InChI is InChI=1S/C21H16Cl5NO3/c1-29-19-5-11(9-27-14-7-16(24)20(28)17(25)8-14)4-18(26)21(19)30-10-12-2-3-13(22)6-15(12)23/h2-8,27-28H,9-10H2,1H3. The summed E-state index contributed by atoms with van der Waals surface area (Å²) in [7, 11) is 1.53. The van der Waals surface area contributed by atoms with Crippen molar-refractivity contribution in [3.63, 3.8) is 0 Å². The normalized spacial score (nSPS) is 10.7. The molecule has 0 aliphatic carbocycles. The van der Waals surface area contributed by atoms with E-state index >= 15 is 0 Å². The highest BCUT2D eigenvalue weighted by Crippen LogP contribution is 2.38. The summed E-state index contributed by atoms with van der Waals surface area (Å²) >= 11 is 30.5. The Hall–Kier alpha value is -1.69. The molecular weight excluding hydrogens is 492 g/mol. The molecule has 2 N–H and O–H groups in total. The first-order valence-corrected chi connectivity index (χ1v) is 10.5. The van der Waals surface area contributed by atoms with E-state index in [1.165, 1.54) is 7.11 Å². The quantitative estimate of drug-likeness (QED) is 0.320. The first-order valence-electron chi connectivity index (χ1n) is 8.63. The Bertz CT molecular complexity index is 1050. The summed E-state index contributed by atoms with van der Waals surface area (Å²) in [5.41, 5.74) is 2.26. The first kappa shape index (κ1) is 23.0. The molecule has 0 spiro atoms. The van der Waals surface area contributed by atoms with Crippen molar-refractivity contribution in [2.45, 2.75) is 13.2 Å². The maximum Gasteiger partial charge on any atom is 0.180 e. The van der Waals surface area contributed by atoms with E-state index in [1.54, 1.807) is 42.5 Å². The largest absolute Gasteiger partial charge is 0.505 e. The number of phenols is 1. The fraction of sp³-hybridized carbons (Fsp3) is 0.143. The molecule has 3 aromatic carbocycles. The van der Waals surface area contributed by atoms with Crippen molar-refractivity contribution in [2.75, 3.05) is 12.4 Å². The summed E-state index contributed by atoms with van der Waals surface area (Å²) in [5.74, 6) is 0.728. The SMILES string of the molecule is COc1cc(CNc2cc(Cl)c(O)c(Cl)c2)cc(Cl)c1OCc1ccc(Cl)cc1Cl. The minimum Gasteiger partial charge on any atom is -0.505 e. The third-order valence-corrected chi connectivity index (χ3v) is 5.63. The van der Waals surface area contributed by atoms with Crippen molar-refractivity contribution in [1.82, 2.24) is 0 Å². The van der Waals surface area contributed by atoms with Crippen LogP contribution < -0.4 is 14.8 Å². The average molecular weight is 508 g/mol. The topological polar surface area (TPSA) is 50.7 Å². The first-order chi connectivity index (χ1) is 14.3. The van der Waals surface area contributed by atoms with Crippen molar-refractivity contribution < 1.29 is 14.6 Å². The van der Waals surface area contributed by atoms with Crippen LogP contribution in [0.4, 0.5) is 5.69 Å². The molecule has 0 aliphatic rings. The Morgan fingerprint density at radius 2 is 1.57 bits per heavy atom. The van der Waals surface area contributed by atoms with E-state index in [9.17, 15) is 5.11 Å². The van der Waals surface area contributed by atoms with Crippen molar-refractivity contribution in [3.05, 3.63) is 78.7 Å². The smallest absolute Gasteiger partial charge is 0.180 e. The van der Waals surface area contributed by atoms with Crippen LogP contribution in [0.15, 0.2) is 42.5 Å². The van der Waals surface area contributed by atoms with Crippen molar-refractivity contribution >= 4 is 63.7 Å². The van der Waals surface area contributed by atoms with Crippen LogP contribution >= 0.6 is 58.0 Å². The number of methoxy groups -OCH3 is 1. The van der Waals surface area contributed by atoms with Crippen LogP contribution in [0.25, 0.3) is 0 Å². The molecule has 0 aliphatic heterocycles. The van der Waals surface area contributed by atoms with Crippen LogP contribution in [0.1, 0.15) is 11.1 Å². The lowest BCUT2D eigenvalue weighted by atomic mass is 10.2. The van der Waals surface area contributed by atoms with Gasteiger partial charge in [0.15, 0.2) is 17.2 Å². The zero-order valence-corrected chi connectivity index (χ0v) is 19.4. The van der Waals surface area contributed by atoms with Crippen LogP contribution in [0.5, 0.6) is 17.2 Å². The van der Waals surface area contributed by atoms with Gasteiger partial charge in [-0.05, 0) is 42.0 Å². The molecular formula is C21H16Cl5NO3. The third kappa shape index (κ3) is 5.51. The summed E-state index contributed by atoms with van der Waals surface area (Å²) in [6.07, 6.45) is 0. The molecule has 3 aromatic rings. The third-order valence-electron chi connectivity index (χ3n) is 4.19. The number of anilines is 1. The molecule has 0 atom stereocenters. The number of hydrogen-bond acceptors (Lipinski definition) is 4. The highest BCUT2D eigenvalue weighted by Gasteiger charge is 2.14. The molecule has 0 aromatic heterocycles. The van der Waals surface area contributed by atoms with E-state index in [-0.39, 0.29) is 22.4 Å². The maximum absolute atomic E-state index is 9.66. The van der Waals surface area contributed by atoms with Crippen LogP contribution in [0.3, 0.4) is 0 Å². The number of aromatic hydroxyl groups is 1. The number of hydrogen-bond donors (Lipinski definition) is 2.